The average molecular weight is 841 g/mol. The minimum absolute atomic E-state index is 0.0283. The molecule has 53 heavy (non-hydrogen) atoms. The summed E-state index contributed by atoms with van der Waals surface area (Å²) in [5.41, 5.74) is 5.16. The van der Waals surface area contributed by atoms with Crippen molar-refractivity contribution in [3.63, 3.8) is 0 Å². The zero-order chi connectivity index (χ0) is 37.9. The SMILES string of the molecule is CCC(C)CN1C(=O)/C(=C/c2cc3c(s2)c2sc4c5sc(/C=C6\SC(=S)N(CC(C)CC)C6=O)cc5n(CC(C)CC)c4c2n3CC(C)CC)SC1=S. The summed E-state index contributed by atoms with van der Waals surface area (Å²) in [6.07, 6.45) is 8.34. The van der Waals surface area contributed by atoms with Crippen molar-refractivity contribution < 1.29 is 9.59 Å². The first-order valence-corrected chi connectivity index (χ1v) is 23.8. The molecule has 6 nitrogen and oxygen atoms in total. The highest BCUT2D eigenvalue weighted by molar-refractivity contribution is 8.27. The summed E-state index contributed by atoms with van der Waals surface area (Å²) < 4.78 is 11.7. The van der Waals surface area contributed by atoms with E-state index in [2.05, 4.69) is 88.8 Å². The van der Waals surface area contributed by atoms with Gasteiger partial charge in [-0.3, -0.25) is 19.4 Å². The number of thioether (sulfide) groups is 2. The number of nitrogens with zero attached hydrogens (tertiary/aromatic N) is 4. The summed E-state index contributed by atoms with van der Waals surface area (Å²) in [6.45, 7) is 21.1. The summed E-state index contributed by atoms with van der Waals surface area (Å²) in [4.78, 5) is 34.1. The lowest BCUT2D eigenvalue weighted by Gasteiger charge is -2.18. The second kappa shape index (κ2) is 15.9. The van der Waals surface area contributed by atoms with Gasteiger partial charge in [-0.1, -0.05) is 129 Å². The number of hydrogen-bond acceptors (Lipinski definition) is 9. The Labute approximate surface area is 344 Å². The topological polar surface area (TPSA) is 50.5 Å². The second-order valence-electron chi connectivity index (χ2n) is 15.0. The van der Waals surface area contributed by atoms with Crippen LogP contribution in [0.4, 0.5) is 0 Å². The Hall–Kier alpha value is -2.00. The van der Waals surface area contributed by atoms with Gasteiger partial charge in [-0.25, -0.2) is 0 Å². The van der Waals surface area contributed by atoms with Crippen LogP contribution in [0.5, 0.6) is 0 Å². The van der Waals surface area contributed by atoms with E-state index in [4.69, 9.17) is 24.4 Å². The van der Waals surface area contributed by atoms with Crippen LogP contribution in [0.3, 0.4) is 0 Å². The molecule has 13 heteroatoms. The van der Waals surface area contributed by atoms with Gasteiger partial charge >= 0.3 is 0 Å². The van der Waals surface area contributed by atoms with Gasteiger partial charge < -0.3 is 9.13 Å². The zero-order valence-electron chi connectivity index (χ0n) is 31.7. The van der Waals surface area contributed by atoms with E-state index in [-0.39, 0.29) is 11.8 Å². The minimum Gasteiger partial charge on any atom is -0.337 e. The third-order valence-electron chi connectivity index (χ3n) is 10.9. The van der Waals surface area contributed by atoms with E-state index < -0.39 is 0 Å². The third-order valence-corrected chi connectivity index (χ3v) is 17.3. The Balaban J connectivity index is 1.35. The number of fused-ring (bicyclic) bond motifs is 7. The molecule has 0 bridgehead atoms. The summed E-state index contributed by atoms with van der Waals surface area (Å²) in [7, 11) is 0. The monoisotopic (exact) mass is 840 g/mol. The van der Waals surface area contributed by atoms with Gasteiger partial charge in [-0.15, -0.1) is 34.0 Å². The molecule has 4 unspecified atom stereocenters. The maximum absolute atomic E-state index is 13.5. The number of aromatic nitrogens is 2. The maximum atomic E-state index is 13.5. The van der Waals surface area contributed by atoms with Crippen molar-refractivity contribution in [3.8, 4) is 0 Å². The normalized spacial score (nSPS) is 19.6. The van der Waals surface area contributed by atoms with Crippen molar-refractivity contribution >= 4 is 155 Å². The highest BCUT2D eigenvalue weighted by Gasteiger charge is 2.35. The molecule has 0 spiro atoms. The molecule has 2 aliphatic rings. The van der Waals surface area contributed by atoms with Gasteiger partial charge in [0.15, 0.2) is 0 Å². The predicted molar refractivity (Wildman–Crippen MR) is 244 cm³/mol. The lowest BCUT2D eigenvalue weighted by Crippen LogP contribution is -2.32. The summed E-state index contributed by atoms with van der Waals surface area (Å²) in [5, 5.41) is 0. The molecule has 0 N–H and O–H groups in total. The minimum atomic E-state index is 0.0283. The van der Waals surface area contributed by atoms with Gasteiger partial charge in [-0.2, -0.15) is 0 Å². The molecule has 2 amide bonds. The quantitative estimate of drug-likeness (QED) is 0.0820. The van der Waals surface area contributed by atoms with Gasteiger partial charge in [0.05, 0.1) is 50.7 Å². The highest BCUT2D eigenvalue weighted by atomic mass is 32.2. The Morgan fingerprint density at radius 3 is 1.28 bits per heavy atom. The number of thiophene rings is 3. The van der Waals surface area contributed by atoms with Crippen molar-refractivity contribution in [1.82, 2.24) is 18.9 Å². The zero-order valence-corrected chi connectivity index (χ0v) is 37.5. The van der Waals surface area contributed by atoms with E-state index in [1.807, 2.05) is 11.3 Å². The Morgan fingerprint density at radius 1 is 0.566 bits per heavy atom. The predicted octanol–water partition coefficient (Wildman–Crippen LogP) is 12.7. The van der Waals surface area contributed by atoms with Crippen LogP contribution < -0.4 is 0 Å². The van der Waals surface area contributed by atoms with E-state index in [9.17, 15) is 9.59 Å². The molecule has 5 aromatic heterocycles. The molecule has 0 saturated carbocycles. The van der Waals surface area contributed by atoms with Gasteiger partial charge in [0.1, 0.15) is 8.64 Å². The van der Waals surface area contributed by atoms with Crippen LogP contribution in [0, 0.1) is 23.7 Å². The second-order valence-corrected chi connectivity index (χ2v) is 21.6. The molecule has 0 aromatic carbocycles. The summed E-state index contributed by atoms with van der Waals surface area (Å²) >= 11 is 19.7. The molecule has 2 fully saturated rings. The molecular weight excluding hydrogens is 793 g/mol. The fourth-order valence-corrected chi connectivity index (χ4v) is 13.3. The Bertz CT molecular complexity index is 2170. The van der Waals surface area contributed by atoms with Crippen molar-refractivity contribution in [1.29, 1.82) is 0 Å². The molecule has 7 heterocycles. The molecule has 282 valence electrons. The van der Waals surface area contributed by atoms with E-state index in [1.165, 1.54) is 64.4 Å². The van der Waals surface area contributed by atoms with Gasteiger partial charge in [-0.05, 0) is 48.0 Å². The molecule has 4 atom stereocenters. The first-order valence-electron chi connectivity index (χ1n) is 18.9. The van der Waals surface area contributed by atoms with Crippen molar-refractivity contribution in [2.24, 2.45) is 23.7 Å². The standard InChI is InChI=1S/C40H48N4O2S7/c1-9-21(5)17-41-27-13-25(15-29-37(45)43(39(47)51-29)19-23(7)11-3)49-33(27)35-31(41)32-36(53-35)34-28(42(32)18-22(6)10-2)14-26(50-34)16-30-38(46)44(40(48)52-30)20-24(8)12-4/h13-16,21-24H,9-12,17-20H2,1-8H3/b29-15-,30-16-. The summed E-state index contributed by atoms with van der Waals surface area (Å²) in [6, 6.07) is 4.59. The molecule has 5 aromatic rings. The largest absolute Gasteiger partial charge is 0.337 e. The first kappa shape index (κ1) is 39.2. The van der Waals surface area contributed by atoms with E-state index in [0.29, 0.717) is 55.2 Å². The number of rotatable bonds is 14. The third kappa shape index (κ3) is 7.26. The van der Waals surface area contributed by atoms with Crippen LogP contribution in [0.1, 0.15) is 90.8 Å². The summed E-state index contributed by atoms with van der Waals surface area (Å²) in [5.74, 6) is 1.88. The fourth-order valence-electron chi connectivity index (χ4n) is 6.85. The average Bonchev–Trinajstić information content (AvgIpc) is 3.99. The van der Waals surface area contributed by atoms with Crippen molar-refractivity contribution in [3.05, 3.63) is 31.7 Å². The lowest BCUT2D eigenvalue weighted by atomic mass is 10.1. The molecule has 7 rings (SSSR count). The molecule has 2 aliphatic heterocycles. The smallest absolute Gasteiger partial charge is 0.266 e. The lowest BCUT2D eigenvalue weighted by molar-refractivity contribution is -0.123. The highest BCUT2D eigenvalue weighted by Crippen LogP contribution is 2.50. The van der Waals surface area contributed by atoms with Crippen LogP contribution in [0.25, 0.3) is 53.0 Å². The van der Waals surface area contributed by atoms with Gasteiger partial charge in [0.2, 0.25) is 0 Å². The van der Waals surface area contributed by atoms with Gasteiger partial charge in [0, 0.05) is 35.9 Å². The van der Waals surface area contributed by atoms with Crippen LogP contribution in [-0.2, 0) is 22.7 Å². The number of thiocarbonyl (C=S) groups is 2. The Morgan fingerprint density at radius 2 is 0.925 bits per heavy atom. The number of hydrogen-bond donors (Lipinski definition) is 0. The molecular formula is C40H48N4O2S7. The van der Waals surface area contributed by atoms with E-state index >= 15 is 0 Å². The van der Waals surface area contributed by atoms with E-state index in [0.717, 1.165) is 48.5 Å². The van der Waals surface area contributed by atoms with Crippen LogP contribution in [0.2, 0.25) is 0 Å². The van der Waals surface area contributed by atoms with Crippen LogP contribution in [0.15, 0.2) is 21.9 Å². The van der Waals surface area contributed by atoms with E-state index in [1.54, 1.807) is 32.5 Å². The van der Waals surface area contributed by atoms with Crippen molar-refractivity contribution in [2.75, 3.05) is 13.1 Å². The fraction of sp³-hybridized carbons (Fsp3) is 0.500. The first-order chi connectivity index (χ1) is 25.4. The van der Waals surface area contributed by atoms with Gasteiger partial charge in [0.25, 0.3) is 11.8 Å². The van der Waals surface area contributed by atoms with Crippen molar-refractivity contribution in [2.45, 2.75) is 94.2 Å². The van der Waals surface area contributed by atoms with Crippen LogP contribution >= 0.6 is 82.0 Å². The molecule has 0 aliphatic carbocycles. The number of carbonyl (C=O) groups is 2. The number of carbonyl (C=O) groups excluding carboxylic acids is 2. The Kier molecular flexibility index (Phi) is 11.7. The van der Waals surface area contributed by atoms with Crippen LogP contribution in [-0.4, -0.2) is 52.5 Å². The number of amides is 2. The molecule has 0 radical (unpaired) electrons. The molecule has 2 saturated heterocycles. The maximum Gasteiger partial charge on any atom is 0.266 e.